The number of benzene rings is 2. The molecule has 0 unspecified atom stereocenters. The number of carbonyl (C=O) groups is 2. The number of rotatable bonds is 5. The zero-order chi connectivity index (χ0) is 18.6. The standard InChI is InChI=1S/C21H26N2O2/c1-6-16-11-8-10-15(3)18(16)23-20(25)21(4,5)19(24)22-17-12-7-9-14(2)13-17/h7-13H,6H2,1-5H3,(H,22,24)(H,23,25). The van der Waals surface area contributed by atoms with E-state index in [1.54, 1.807) is 13.8 Å². The molecule has 0 atom stereocenters. The Morgan fingerprint density at radius 3 is 2.24 bits per heavy atom. The summed E-state index contributed by atoms with van der Waals surface area (Å²) in [5.74, 6) is -0.649. The summed E-state index contributed by atoms with van der Waals surface area (Å²) in [6, 6.07) is 13.4. The first-order valence-electron chi connectivity index (χ1n) is 8.53. The van der Waals surface area contributed by atoms with Gasteiger partial charge in [0.2, 0.25) is 11.8 Å². The predicted octanol–water partition coefficient (Wildman–Crippen LogP) is 4.47. The van der Waals surface area contributed by atoms with E-state index in [2.05, 4.69) is 10.6 Å². The molecule has 0 aliphatic rings. The second-order valence-corrected chi connectivity index (χ2v) is 6.87. The topological polar surface area (TPSA) is 58.2 Å². The number of anilines is 2. The molecule has 2 amide bonds. The molecule has 132 valence electrons. The molecule has 0 aromatic heterocycles. The molecule has 2 N–H and O–H groups in total. The molecule has 0 saturated heterocycles. The van der Waals surface area contributed by atoms with Crippen molar-refractivity contribution in [1.82, 2.24) is 0 Å². The monoisotopic (exact) mass is 338 g/mol. The van der Waals surface area contributed by atoms with Crippen molar-refractivity contribution in [3.8, 4) is 0 Å². The van der Waals surface area contributed by atoms with Crippen LogP contribution in [-0.4, -0.2) is 11.8 Å². The normalized spacial score (nSPS) is 11.1. The fourth-order valence-corrected chi connectivity index (χ4v) is 2.59. The SMILES string of the molecule is CCc1cccc(C)c1NC(=O)C(C)(C)C(=O)Nc1cccc(C)c1. The molecule has 0 bridgehead atoms. The van der Waals surface area contributed by atoms with Crippen LogP contribution in [0.1, 0.15) is 37.5 Å². The van der Waals surface area contributed by atoms with E-state index in [1.807, 2.05) is 63.2 Å². The largest absolute Gasteiger partial charge is 0.325 e. The lowest BCUT2D eigenvalue weighted by Crippen LogP contribution is -2.41. The number of amides is 2. The Morgan fingerprint density at radius 2 is 1.60 bits per heavy atom. The Labute approximate surface area is 149 Å². The van der Waals surface area contributed by atoms with Gasteiger partial charge in [0.1, 0.15) is 5.41 Å². The Balaban J connectivity index is 2.18. The van der Waals surface area contributed by atoms with Crippen molar-refractivity contribution in [2.24, 2.45) is 5.41 Å². The third-order valence-corrected chi connectivity index (χ3v) is 4.39. The molecule has 0 aliphatic carbocycles. The smallest absolute Gasteiger partial charge is 0.239 e. The minimum absolute atomic E-state index is 0.318. The lowest BCUT2D eigenvalue weighted by molar-refractivity contribution is -0.135. The van der Waals surface area contributed by atoms with E-state index in [1.165, 1.54) is 0 Å². The number of aryl methyl sites for hydroxylation is 3. The van der Waals surface area contributed by atoms with Crippen LogP contribution in [0.4, 0.5) is 11.4 Å². The van der Waals surface area contributed by atoms with Crippen molar-refractivity contribution >= 4 is 23.2 Å². The lowest BCUT2D eigenvalue weighted by Gasteiger charge is -2.24. The first kappa shape index (κ1) is 18.7. The summed E-state index contributed by atoms with van der Waals surface area (Å²) in [4.78, 5) is 25.4. The van der Waals surface area contributed by atoms with Crippen molar-refractivity contribution < 1.29 is 9.59 Å². The van der Waals surface area contributed by atoms with Gasteiger partial charge in [0.15, 0.2) is 0 Å². The lowest BCUT2D eigenvalue weighted by atomic mass is 9.90. The molecule has 0 saturated carbocycles. The van der Waals surface area contributed by atoms with Crippen LogP contribution < -0.4 is 10.6 Å². The highest BCUT2D eigenvalue weighted by atomic mass is 16.2. The van der Waals surface area contributed by atoms with Crippen molar-refractivity contribution in [3.63, 3.8) is 0 Å². The van der Waals surface area contributed by atoms with Gasteiger partial charge in [-0.15, -0.1) is 0 Å². The summed E-state index contributed by atoms with van der Waals surface area (Å²) in [6.07, 6.45) is 0.813. The summed E-state index contributed by atoms with van der Waals surface area (Å²) in [5, 5.41) is 5.78. The summed E-state index contributed by atoms with van der Waals surface area (Å²) >= 11 is 0. The Morgan fingerprint density at radius 1 is 0.960 bits per heavy atom. The molecule has 0 radical (unpaired) electrons. The average molecular weight is 338 g/mol. The maximum Gasteiger partial charge on any atom is 0.239 e. The van der Waals surface area contributed by atoms with E-state index in [0.717, 1.165) is 28.8 Å². The van der Waals surface area contributed by atoms with E-state index >= 15 is 0 Å². The van der Waals surface area contributed by atoms with Gasteiger partial charge in [-0.2, -0.15) is 0 Å². The van der Waals surface area contributed by atoms with Gasteiger partial charge in [0, 0.05) is 11.4 Å². The second kappa shape index (κ2) is 7.51. The van der Waals surface area contributed by atoms with E-state index in [0.29, 0.717) is 5.69 Å². The van der Waals surface area contributed by atoms with E-state index in [9.17, 15) is 9.59 Å². The van der Waals surface area contributed by atoms with E-state index in [-0.39, 0.29) is 11.8 Å². The quantitative estimate of drug-likeness (QED) is 0.790. The Hall–Kier alpha value is -2.62. The molecule has 2 aromatic rings. The predicted molar refractivity (Wildman–Crippen MR) is 103 cm³/mol. The van der Waals surface area contributed by atoms with Crippen LogP contribution in [0.25, 0.3) is 0 Å². The van der Waals surface area contributed by atoms with Gasteiger partial charge in [0.05, 0.1) is 0 Å². The molecule has 25 heavy (non-hydrogen) atoms. The van der Waals surface area contributed by atoms with Gasteiger partial charge in [-0.05, 0) is 62.9 Å². The van der Waals surface area contributed by atoms with Crippen LogP contribution in [0.2, 0.25) is 0 Å². The maximum atomic E-state index is 12.8. The second-order valence-electron chi connectivity index (χ2n) is 6.87. The van der Waals surface area contributed by atoms with Crippen LogP contribution in [0.5, 0.6) is 0 Å². The number of nitrogens with one attached hydrogen (secondary N) is 2. The number of hydrogen-bond donors (Lipinski definition) is 2. The zero-order valence-corrected chi connectivity index (χ0v) is 15.6. The molecular weight excluding hydrogens is 312 g/mol. The molecule has 2 aromatic carbocycles. The average Bonchev–Trinajstić information content (AvgIpc) is 2.56. The van der Waals surface area contributed by atoms with Crippen LogP contribution in [0.15, 0.2) is 42.5 Å². The van der Waals surface area contributed by atoms with Crippen LogP contribution in [0, 0.1) is 19.3 Å². The number of carbonyl (C=O) groups excluding carboxylic acids is 2. The molecule has 0 aliphatic heterocycles. The Kier molecular flexibility index (Phi) is 5.62. The molecule has 4 nitrogen and oxygen atoms in total. The van der Waals surface area contributed by atoms with Crippen LogP contribution >= 0.6 is 0 Å². The van der Waals surface area contributed by atoms with Crippen molar-refractivity contribution in [2.75, 3.05) is 10.6 Å². The summed E-state index contributed by atoms with van der Waals surface area (Å²) < 4.78 is 0. The summed E-state index contributed by atoms with van der Waals surface area (Å²) in [6.45, 7) is 9.22. The van der Waals surface area contributed by atoms with Gasteiger partial charge in [-0.3, -0.25) is 9.59 Å². The van der Waals surface area contributed by atoms with Crippen LogP contribution in [-0.2, 0) is 16.0 Å². The van der Waals surface area contributed by atoms with Gasteiger partial charge in [-0.1, -0.05) is 37.3 Å². The molecule has 4 heteroatoms. The molecular formula is C21H26N2O2. The highest BCUT2D eigenvalue weighted by Crippen LogP contribution is 2.26. The van der Waals surface area contributed by atoms with Crippen molar-refractivity contribution in [3.05, 3.63) is 59.2 Å². The van der Waals surface area contributed by atoms with Crippen molar-refractivity contribution in [1.29, 1.82) is 0 Å². The van der Waals surface area contributed by atoms with E-state index in [4.69, 9.17) is 0 Å². The third kappa shape index (κ3) is 4.27. The van der Waals surface area contributed by atoms with Gasteiger partial charge >= 0.3 is 0 Å². The van der Waals surface area contributed by atoms with Crippen LogP contribution in [0.3, 0.4) is 0 Å². The third-order valence-electron chi connectivity index (χ3n) is 4.39. The molecule has 0 fully saturated rings. The fraction of sp³-hybridized carbons (Fsp3) is 0.333. The first-order chi connectivity index (χ1) is 11.8. The fourth-order valence-electron chi connectivity index (χ4n) is 2.59. The zero-order valence-electron chi connectivity index (χ0n) is 15.6. The number of hydrogen-bond acceptors (Lipinski definition) is 2. The van der Waals surface area contributed by atoms with Gasteiger partial charge in [0.25, 0.3) is 0 Å². The molecule has 0 heterocycles. The highest BCUT2D eigenvalue weighted by molar-refractivity contribution is 6.14. The minimum Gasteiger partial charge on any atom is -0.325 e. The maximum absolute atomic E-state index is 12.8. The van der Waals surface area contributed by atoms with E-state index < -0.39 is 5.41 Å². The summed E-state index contributed by atoms with van der Waals surface area (Å²) in [5.41, 5.74) is 3.39. The highest BCUT2D eigenvalue weighted by Gasteiger charge is 2.36. The Bertz CT molecular complexity index is 794. The van der Waals surface area contributed by atoms with Gasteiger partial charge in [-0.25, -0.2) is 0 Å². The first-order valence-corrected chi connectivity index (χ1v) is 8.53. The number of para-hydroxylation sites is 1. The van der Waals surface area contributed by atoms with Gasteiger partial charge < -0.3 is 10.6 Å². The molecule has 2 rings (SSSR count). The summed E-state index contributed by atoms with van der Waals surface area (Å²) in [7, 11) is 0. The molecule has 0 spiro atoms. The minimum atomic E-state index is -1.20. The van der Waals surface area contributed by atoms with Crippen molar-refractivity contribution in [2.45, 2.75) is 41.0 Å².